The summed E-state index contributed by atoms with van der Waals surface area (Å²) in [6.07, 6.45) is 0. The van der Waals surface area contributed by atoms with Crippen molar-refractivity contribution in [2.75, 3.05) is 14.2 Å². The van der Waals surface area contributed by atoms with Gasteiger partial charge in [-0.25, -0.2) is 4.79 Å². The largest absolute Gasteiger partial charge is 0.492 e. The van der Waals surface area contributed by atoms with Crippen molar-refractivity contribution in [3.63, 3.8) is 0 Å². The van der Waals surface area contributed by atoms with Gasteiger partial charge in [0.25, 0.3) is 0 Å². The fourth-order valence-electron chi connectivity index (χ4n) is 4.73. The number of carboxylic acid groups (broad SMARTS) is 1. The zero-order valence-corrected chi connectivity index (χ0v) is 61.9. The number of hydrogen-bond acceptors (Lipinski definition) is 6. The Kier molecular flexibility index (Phi) is 38.4. The smallest absolute Gasteiger partial charge is 0.360 e. The number of nitrogens with zero attached hydrogens (tertiary/aromatic N) is 4. The van der Waals surface area contributed by atoms with E-state index in [1.807, 2.05) is 60.7 Å². The van der Waals surface area contributed by atoms with Crippen LogP contribution in [0.25, 0.3) is 22.5 Å². The van der Waals surface area contributed by atoms with Crippen LogP contribution in [0.5, 0.6) is 11.5 Å². The molecule has 0 saturated carbocycles. The van der Waals surface area contributed by atoms with E-state index in [2.05, 4.69) is 144 Å². The first-order valence-corrected chi connectivity index (χ1v) is 63.7. The average Bonchev–Trinajstić information content (AvgIpc) is 3.72. The highest BCUT2D eigenvalue weighted by Crippen LogP contribution is 3.22. The van der Waals surface area contributed by atoms with Gasteiger partial charge in [0.15, 0.2) is 23.0 Å². The van der Waals surface area contributed by atoms with Crippen molar-refractivity contribution in [3.05, 3.63) is 72.1 Å². The molecule has 0 bridgehead atoms. The second kappa shape index (κ2) is 35.4. The second-order valence-electron chi connectivity index (χ2n) is 11.2. The van der Waals surface area contributed by atoms with E-state index in [4.69, 9.17) is 14.6 Å². The predicted octanol–water partition coefficient (Wildman–Crippen LogP) is 19.0. The molecule has 61 heavy (non-hydrogen) atoms. The number of aromatic carboxylic acids is 1. The average molecular weight is 1330 g/mol. The topological polar surface area (TPSA) is 108 Å². The first-order valence-electron chi connectivity index (χ1n) is 16.3. The number of rotatable bonds is 16. The van der Waals surface area contributed by atoms with Crippen LogP contribution in [0.3, 0.4) is 0 Å². The minimum Gasteiger partial charge on any atom is -0.492 e. The van der Waals surface area contributed by atoms with Crippen LogP contribution < -0.4 is 9.47 Å². The number of carbonyl (C=O) groups excluding carboxylic acids is 1. The van der Waals surface area contributed by atoms with Crippen LogP contribution in [0.2, 0.25) is 0 Å². The van der Waals surface area contributed by atoms with E-state index in [-0.39, 0.29) is 94.1 Å². The number of carbonyl (C=O) groups is 2. The molecule has 342 valence electrons. The highest BCUT2D eigenvalue weighted by Gasteiger charge is 2.33. The number of aryl methyl sites for hydroxylation is 2. The molecule has 1 N–H and O–H groups in total. The van der Waals surface area contributed by atoms with E-state index >= 15 is 0 Å². The van der Waals surface area contributed by atoms with Crippen molar-refractivity contribution in [1.29, 1.82) is 0 Å². The molecule has 4 rings (SSSR count). The summed E-state index contributed by atoms with van der Waals surface area (Å²) in [4.78, 5) is 22.5. The van der Waals surface area contributed by atoms with Crippen molar-refractivity contribution in [3.8, 4) is 34.0 Å². The molecule has 17 atom stereocenters. The molecule has 0 aliphatic heterocycles. The van der Waals surface area contributed by atoms with Crippen LogP contribution in [0.4, 0.5) is 0 Å². The van der Waals surface area contributed by atoms with E-state index < -0.39 is 5.97 Å². The molecule has 2 heterocycles. The van der Waals surface area contributed by atoms with E-state index in [0.717, 1.165) is 24.8 Å². The summed E-state index contributed by atoms with van der Waals surface area (Å²) in [5, 5.41) is 17.2. The molecular formula is C25H57N4O5P27. The molecule has 2 aromatic heterocycles. The molecule has 4 aromatic rings. The Morgan fingerprint density at radius 1 is 0.557 bits per heavy atom. The van der Waals surface area contributed by atoms with Gasteiger partial charge in [-0.05, 0) is 76.9 Å². The van der Waals surface area contributed by atoms with Gasteiger partial charge in [0.2, 0.25) is 5.69 Å². The van der Waals surface area contributed by atoms with E-state index in [1.165, 1.54) is 18.7 Å². The summed E-state index contributed by atoms with van der Waals surface area (Å²) in [7, 11) is 53.1. The number of Topliss-reactive ketones (excluding diaryl/α,β-unsaturated/α-hetero) is 1. The van der Waals surface area contributed by atoms with E-state index in [9.17, 15) is 9.59 Å². The summed E-state index contributed by atoms with van der Waals surface area (Å²) in [5.74, 6) is -0.378. The van der Waals surface area contributed by atoms with Gasteiger partial charge in [-0.1, -0.05) is 68.6 Å². The van der Waals surface area contributed by atoms with Crippen molar-refractivity contribution in [1.82, 2.24) is 19.6 Å². The van der Waals surface area contributed by atoms with Crippen molar-refractivity contribution >= 4 is 230 Å². The number of ketones is 1. The predicted molar refractivity (Wildman–Crippen MR) is 357 cm³/mol. The zero-order chi connectivity index (χ0) is 46.9. The molecule has 36 heteroatoms. The third-order valence-corrected chi connectivity index (χ3v) is 159. The van der Waals surface area contributed by atoms with Crippen LogP contribution in [0, 0.1) is 0 Å². The lowest BCUT2D eigenvalue weighted by molar-refractivity contribution is 0.0686. The van der Waals surface area contributed by atoms with Gasteiger partial charge < -0.3 is 14.6 Å². The van der Waals surface area contributed by atoms with Gasteiger partial charge in [-0.3, -0.25) is 14.2 Å². The molecule has 17 unspecified atom stereocenters. The lowest BCUT2D eigenvalue weighted by Gasteiger charge is -2.37. The lowest BCUT2D eigenvalue weighted by Crippen LogP contribution is -2.00. The molecule has 0 amide bonds. The molecule has 0 aliphatic rings. The molecule has 0 aliphatic carbocycles. The molecular weight excluding hydrogens is 1270 g/mol. The number of benzene rings is 2. The molecule has 0 spiro atoms. The van der Waals surface area contributed by atoms with Gasteiger partial charge in [0.1, 0.15) is 11.4 Å². The standard InChI is InChI=1S/C13H14N2O2.C12H12N2O3.H16P14.H15P13/c1-9(16)11-13(17-3)12(15(2)14-11)10-7-5-4-6-8-10;1-14-10(8-6-4-3-5-7-8)11(17-2)9(13-14)12(15)16;1-9(2)13(10(3)4)14(11(5)6)12(7)8;1-8-12(9(2)3)13(10(4)5)11(6)7/h4-8H,1-3H3;3-7H,1-2H3,(H,15,16);1-8H2;8H,1-7H2. The van der Waals surface area contributed by atoms with Crippen LogP contribution >= 0.6 is 219 Å². The minimum atomic E-state index is -1.10. The van der Waals surface area contributed by atoms with Gasteiger partial charge in [-0.15, -0.1) is 134 Å². The number of carboxylic acids is 1. The van der Waals surface area contributed by atoms with Crippen LogP contribution in [0.15, 0.2) is 60.7 Å². The van der Waals surface area contributed by atoms with Gasteiger partial charge in [0.05, 0.1) is 14.2 Å². The summed E-state index contributed by atoms with van der Waals surface area (Å²) in [5.41, 5.74) is 3.62. The monoisotopic (exact) mass is 1330 g/mol. The number of ether oxygens (including phenoxy) is 2. The van der Waals surface area contributed by atoms with Crippen LogP contribution in [-0.4, -0.2) is 50.6 Å². The summed E-state index contributed by atoms with van der Waals surface area (Å²) >= 11 is 0. The zero-order valence-electron chi connectivity index (χ0n) is 33.7. The Morgan fingerprint density at radius 2 is 0.869 bits per heavy atom. The van der Waals surface area contributed by atoms with Gasteiger partial charge >= 0.3 is 5.97 Å². The first-order chi connectivity index (χ1) is 28.5. The Labute approximate surface area is 411 Å². The maximum Gasteiger partial charge on any atom is 0.360 e. The Bertz CT molecular complexity index is 1760. The lowest BCUT2D eigenvalue weighted by atomic mass is 10.1. The molecule has 9 nitrogen and oxygen atoms in total. The van der Waals surface area contributed by atoms with Crippen molar-refractivity contribution in [2.24, 2.45) is 14.1 Å². The van der Waals surface area contributed by atoms with Gasteiger partial charge in [0, 0.05) is 32.1 Å². The molecule has 0 saturated heterocycles. The third kappa shape index (κ3) is 22.3. The second-order valence-corrected chi connectivity index (χ2v) is 112. The number of methoxy groups -OCH3 is 2. The maximum atomic E-state index is 11.5. The summed E-state index contributed by atoms with van der Waals surface area (Å²) in [6.45, 7) is 3.09. The highest BCUT2D eigenvalue weighted by molar-refractivity contribution is 9.27. The number of aromatic nitrogens is 4. The third-order valence-electron chi connectivity index (χ3n) is 6.95. The first kappa shape index (κ1) is 66.2. The number of hydrogen-bond donors (Lipinski definition) is 1. The van der Waals surface area contributed by atoms with E-state index in [1.54, 1.807) is 25.9 Å². The van der Waals surface area contributed by atoms with E-state index in [0.29, 0.717) is 17.1 Å². The van der Waals surface area contributed by atoms with Crippen LogP contribution in [0.1, 0.15) is 27.9 Å². The molecule has 0 radical (unpaired) electrons. The fourth-order valence-corrected chi connectivity index (χ4v) is 279. The summed E-state index contributed by atoms with van der Waals surface area (Å²) < 4.78 is 13.6. The van der Waals surface area contributed by atoms with Crippen molar-refractivity contribution in [2.45, 2.75) is 6.92 Å². The SMILES string of the molecule is COc1c(C(=O)O)nn(C)c1-c1ccccc1.COc1c(C(C)=O)nn(C)c1-c1ccccc1.PP(P)P(P(P)P)P(P(P)P)P(P)P.PPP(P(P)P)P(P(P)P)P(P)P. The maximum absolute atomic E-state index is 11.5. The Hall–Kier alpha value is 7.21. The molecule has 0 fully saturated rings. The highest BCUT2D eigenvalue weighted by atomic mass is 33.3. The normalized spacial score (nSPS) is 12.2. The van der Waals surface area contributed by atoms with Gasteiger partial charge in [-0.2, -0.15) is 10.2 Å². The quantitative estimate of drug-likeness (QED) is 0.0879. The fraction of sp³-hybridized carbons (Fsp3) is 0.200. The molecule has 2 aromatic carbocycles. The van der Waals surface area contributed by atoms with Crippen molar-refractivity contribution < 1.29 is 24.2 Å². The van der Waals surface area contributed by atoms with Crippen LogP contribution in [-0.2, 0) is 14.1 Å². The summed E-state index contributed by atoms with van der Waals surface area (Å²) in [6, 6.07) is 19.2. The minimum absolute atomic E-state index is 0.0751. The Balaban J connectivity index is 0.000000410. The Morgan fingerprint density at radius 3 is 1.10 bits per heavy atom.